The van der Waals surface area contributed by atoms with E-state index in [-0.39, 0.29) is 6.04 Å². The number of carbonyl (C=O) groups excluding carboxylic acids is 2. The summed E-state index contributed by atoms with van der Waals surface area (Å²) in [6, 6.07) is 19.0. The maximum atomic E-state index is 12.2. The lowest BCUT2D eigenvalue weighted by atomic mass is 10.1. The summed E-state index contributed by atoms with van der Waals surface area (Å²) < 4.78 is 0. The lowest BCUT2D eigenvalue weighted by molar-refractivity contribution is -0.146. The standard InChI is InChI=1S/C18H20N2O2/c1-14(16-11-7-4-8-12-16)20(2)18(22)17(21)19-13-15-9-5-3-6-10-15/h3-12,14H,13H2,1-2H3,(H,19,21)/t14-/m1/s1. The Labute approximate surface area is 130 Å². The number of hydrogen-bond donors (Lipinski definition) is 1. The van der Waals surface area contributed by atoms with E-state index in [1.54, 1.807) is 7.05 Å². The van der Waals surface area contributed by atoms with Gasteiger partial charge in [-0.1, -0.05) is 60.7 Å². The number of likely N-dealkylation sites (N-methyl/N-ethyl adjacent to an activating group) is 1. The molecule has 2 rings (SSSR count). The summed E-state index contributed by atoms with van der Waals surface area (Å²) in [6.45, 7) is 2.25. The smallest absolute Gasteiger partial charge is 0.312 e. The second-order valence-electron chi connectivity index (χ2n) is 5.17. The van der Waals surface area contributed by atoms with Crippen LogP contribution >= 0.6 is 0 Å². The van der Waals surface area contributed by atoms with E-state index in [1.165, 1.54) is 4.90 Å². The largest absolute Gasteiger partial charge is 0.344 e. The lowest BCUT2D eigenvalue weighted by Gasteiger charge is -2.24. The fraction of sp³-hybridized carbons (Fsp3) is 0.222. The Morgan fingerprint density at radius 2 is 1.55 bits per heavy atom. The number of carbonyl (C=O) groups is 2. The molecular formula is C18H20N2O2. The monoisotopic (exact) mass is 296 g/mol. The molecule has 0 spiro atoms. The first-order chi connectivity index (χ1) is 10.6. The molecular weight excluding hydrogens is 276 g/mol. The van der Waals surface area contributed by atoms with Gasteiger partial charge in [0.25, 0.3) is 0 Å². The van der Waals surface area contributed by atoms with E-state index < -0.39 is 11.8 Å². The number of nitrogens with one attached hydrogen (secondary N) is 1. The van der Waals surface area contributed by atoms with Gasteiger partial charge in [-0.3, -0.25) is 9.59 Å². The first-order valence-corrected chi connectivity index (χ1v) is 7.23. The number of hydrogen-bond acceptors (Lipinski definition) is 2. The molecule has 0 aromatic heterocycles. The zero-order valence-electron chi connectivity index (χ0n) is 12.8. The molecule has 0 fully saturated rings. The van der Waals surface area contributed by atoms with Crippen molar-refractivity contribution < 1.29 is 9.59 Å². The Bertz CT molecular complexity index is 626. The quantitative estimate of drug-likeness (QED) is 0.881. The summed E-state index contributed by atoms with van der Waals surface area (Å²) in [7, 11) is 1.64. The molecule has 0 saturated heterocycles. The molecule has 0 saturated carbocycles. The fourth-order valence-electron chi connectivity index (χ4n) is 2.15. The van der Waals surface area contributed by atoms with Gasteiger partial charge in [-0.05, 0) is 18.1 Å². The van der Waals surface area contributed by atoms with Crippen LogP contribution in [0.15, 0.2) is 60.7 Å². The summed E-state index contributed by atoms with van der Waals surface area (Å²) in [5.74, 6) is -1.12. The number of nitrogens with zero attached hydrogens (tertiary/aromatic N) is 1. The minimum absolute atomic E-state index is 0.156. The van der Waals surface area contributed by atoms with Crippen molar-refractivity contribution in [3.05, 3.63) is 71.8 Å². The van der Waals surface area contributed by atoms with Crippen LogP contribution in [0.1, 0.15) is 24.1 Å². The minimum atomic E-state index is -0.589. The lowest BCUT2D eigenvalue weighted by Crippen LogP contribution is -2.41. The van der Waals surface area contributed by atoms with Crippen molar-refractivity contribution in [1.29, 1.82) is 0 Å². The third-order valence-corrected chi connectivity index (χ3v) is 3.67. The van der Waals surface area contributed by atoms with Crippen molar-refractivity contribution in [2.45, 2.75) is 19.5 Å². The van der Waals surface area contributed by atoms with Gasteiger partial charge in [0.15, 0.2) is 0 Å². The molecule has 4 nitrogen and oxygen atoms in total. The van der Waals surface area contributed by atoms with Crippen molar-refractivity contribution in [2.75, 3.05) is 7.05 Å². The molecule has 0 unspecified atom stereocenters. The molecule has 2 aromatic rings. The Kier molecular flexibility index (Phi) is 5.31. The van der Waals surface area contributed by atoms with E-state index in [0.29, 0.717) is 6.54 Å². The highest BCUT2D eigenvalue weighted by Gasteiger charge is 2.23. The second kappa shape index (κ2) is 7.41. The van der Waals surface area contributed by atoms with Crippen LogP contribution in [0.3, 0.4) is 0 Å². The van der Waals surface area contributed by atoms with E-state index in [1.807, 2.05) is 67.6 Å². The van der Waals surface area contributed by atoms with Gasteiger partial charge in [0, 0.05) is 13.6 Å². The van der Waals surface area contributed by atoms with Gasteiger partial charge in [0.1, 0.15) is 0 Å². The highest BCUT2D eigenvalue weighted by Crippen LogP contribution is 2.18. The summed E-state index contributed by atoms with van der Waals surface area (Å²) in [6.07, 6.45) is 0. The van der Waals surface area contributed by atoms with Crippen LogP contribution in [0.4, 0.5) is 0 Å². The third kappa shape index (κ3) is 3.95. The molecule has 1 N–H and O–H groups in total. The van der Waals surface area contributed by atoms with Crippen LogP contribution in [0, 0.1) is 0 Å². The third-order valence-electron chi connectivity index (χ3n) is 3.67. The maximum Gasteiger partial charge on any atom is 0.312 e. The first kappa shape index (κ1) is 15.8. The molecule has 4 heteroatoms. The Hall–Kier alpha value is -2.62. The van der Waals surface area contributed by atoms with E-state index >= 15 is 0 Å². The number of amides is 2. The van der Waals surface area contributed by atoms with Crippen LogP contribution in [0.25, 0.3) is 0 Å². The van der Waals surface area contributed by atoms with Gasteiger partial charge in [-0.25, -0.2) is 0 Å². The molecule has 0 radical (unpaired) electrons. The summed E-state index contributed by atoms with van der Waals surface area (Å²) in [4.78, 5) is 25.6. The molecule has 0 aliphatic rings. The summed E-state index contributed by atoms with van der Waals surface area (Å²) in [5.41, 5.74) is 1.96. The van der Waals surface area contributed by atoms with Crippen LogP contribution in [0.5, 0.6) is 0 Å². The SMILES string of the molecule is C[C@H](c1ccccc1)N(C)C(=O)C(=O)NCc1ccccc1. The van der Waals surface area contributed by atoms with Gasteiger partial charge in [-0.2, -0.15) is 0 Å². The fourth-order valence-corrected chi connectivity index (χ4v) is 2.15. The van der Waals surface area contributed by atoms with Crippen LogP contribution in [-0.2, 0) is 16.1 Å². The van der Waals surface area contributed by atoms with E-state index in [0.717, 1.165) is 11.1 Å². The minimum Gasteiger partial charge on any atom is -0.344 e. The van der Waals surface area contributed by atoms with Crippen molar-refractivity contribution in [2.24, 2.45) is 0 Å². The van der Waals surface area contributed by atoms with Crippen LogP contribution in [-0.4, -0.2) is 23.8 Å². The predicted molar refractivity (Wildman–Crippen MR) is 85.9 cm³/mol. The molecule has 0 heterocycles. The molecule has 2 aromatic carbocycles. The van der Waals surface area contributed by atoms with Crippen LogP contribution in [0.2, 0.25) is 0 Å². The first-order valence-electron chi connectivity index (χ1n) is 7.23. The van der Waals surface area contributed by atoms with E-state index in [4.69, 9.17) is 0 Å². The van der Waals surface area contributed by atoms with Crippen molar-refractivity contribution in [1.82, 2.24) is 10.2 Å². The topological polar surface area (TPSA) is 49.4 Å². The van der Waals surface area contributed by atoms with E-state index in [2.05, 4.69) is 5.32 Å². The average Bonchev–Trinajstić information content (AvgIpc) is 2.59. The molecule has 0 aliphatic heterocycles. The molecule has 114 valence electrons. The average molecular weight is 296 g/mol. The summed E-state index contributed by atoms with van der Waals surface area (Å²) in [5, 5.41) is 2.66. The highest BCUT2D eigenvalue weighted by molar-refractivity contribution is 6.34. The van der Waals surface area contributed by atoms with Gasteiger partial charge in [-0.15, -0.1) is 0 Å². The van der Waals surface area contributed by atoms with Crippen molar-refractivity contribution in [3.8, 4) is 0 Å². The van der Waals surface area contributed by atoms with Crippen molar-refractivity contribution >= 4 is 11.8 Å². The highest BCUT2D eigenvalue weighted by atomic mass is 16.2. The van der Waals surface area contributed by atoms with Gasteiger partial charge in [0.05, 0.1) is 6.04 Å². The van der Waals surface area contributed by atoms with Crippen LogP contribution < -0.4 is 5.32 Å². The van der Waals surface area contributed by atoms with E-state index in [9.17, 15) is 9.59 Å². The molecule has 0 bridgehead atoms. The zero-order valence-corrected chi connectivity index (χ0v) is 12.8. The summed E-state index contributed by atoms with van der Waals surface area (Å²) >= 11 is 0. The van der Waals surface area contributed by atoms with Gasteiger partial charge in [0.2, 0.25) is 0 Å². The Balaban J connectivity index is 1.93. The predicted octanol–water partition coefficient (Wildman–Crippen LogP) is 2.52. The molecule has 22 heavy (non-hydrogen) atoms. The number of benzene rings is 2. The Morgan fingerprint density at radius 3 is 2.14 bits per heavy atom. The number of rotatable bonds is 4. The Morgan fingerprint density at radius 1 is 1.00 bits per heavy atom. The normalized spacial score (nSPS) is 11.5. The molecule has 0 aliphatic carbocycles. The second-order valence-corrected chi connectivity index (χ2v) is 5.17. The van der Waals surface area contributed by atoms with Gasteiger partial charge < -0.3 is 10.2 Å². The molecule has 1 atom stereocenters. The zero-order chi connectivity index (χ0) is 15.9. The molecule has 2 amide bonds. The van der Waals surface area contributed by atoms with Crippen molar-refractivity contribution in [3.63, 3.8) is 0 Å². The van der Waals surface area contributed by atoms with Gasteiger partial charge >= 0.3 is 11.8 Å². The maximum absolute atomic E-state index is 12.2.